The maximum Gasteiger partial charge on any atom is -0.00132 e. The maximum atomic E-state index is 2.52. The molecular formula is C23H22. The Hall–Kier alpha value is -2.08. The fourth-order valence-corrected chi connectivity index (χ4v) is 4.66. The van der Waals surface area contributed by atoms with E-state index >= 15 is 0 Å². The van der Waals surface area contributed by atoms with E-state index in [1.807, 2.05) is 0 Å². The molecule has 2 aliphatic rings. The smallest absolute Gasteiger partial charge is 0.00132 e. The third-order valence-corrected chi connectivity index (χ3v) is 5.88. The van der Waals surface area contributed by atoms with E-state index in [2.05, 4.69) is 54.6 Å². The van der Waals surface area contributed by atoms with Gasteiger partial charge in [-0.2, -0.15) is 0 Å². The zero-order valence-corrected chi connectivity index (χ0v) is 13.5. The molecule has 23 heavy (non-hydrogen) atoms. The van der Waals surface area contributed by atoms with Gasteiger partial charge < -0.3 is 0 Å². The van der Waals surface area contributed by atoms with Crippen LogP contribution >= 0.6 is 0 Å². The Morgan fingerprint density at radius 2 is 1.57 bits per heavy atom. The summed E-state index contributed by atoms with van der Waals surface area (Å²) in [6.45, 7) is 0. The molecule has 0 heterocycles. The van der Waals surface area contributed by atoms with E-state index in [1.54, 1.807) is 5.56 Å². The molecule has 3 aromatic carbocycles. The van der Waals surface area contributed by atoms with Crippen molar-refractivity contribution in [3.63, 3.8) is 0 Å². The molecule has 1 fully saturated rings. The lowest BCUT2D eigenvalue weighted by molar-refractivity contribution is 0.443. The van der Waals surface area contributed by atoms with Crippen molar-refractivity contribution >= 4 is 10.8 Å². The Kier molecular flexibility index (Phi) is 3.04. The standard InChI is InChI=1S/C23H22/c1-2-6-16(7-3-1)18-11-12-19-14-20-13-10-17-8-4-5-9-21(17)23(20)22(19)15-18/h4-5,8-13,15-16H,1-3,6-7,14H2. The zero-order chi connectivity index (χ0) is 15.2. The zero-order valence-electron chi connectivity index (χ0n) is 13.5. The summed E-state index contributed by atoms with van der Waals surface area (Å²) in [5.74, 6) is 0.785. The molecule has 2 aliphatic carbocycles. The summed E-state index contributed by atoms with van der Waals surface area (Å²) in [5.41, 5.74) is 7.58. The topological polar surface area (TPSA) is 0 Å². The molecule has 0 spiro atoms. The van der Waals surface area contributed by atoms with Gasteiger partial charge in [-0.25, -0.2) is 0 Å². The van der Waals surface area contributed by atoms with E-state index in [4.69, 9.17) is 0 Å². The van der Waals surface area contributed by atoms with Gasteiger partial charge in [0.25, 0.3) is 0 Å². The molecule has 0 radical (unpaired) electrons. The number of rotatable bonds is 1. The molecular weight excluding hydrogens is 276 g/mol. The van der Waals surface area contributed by atoms with Crippen LogP contribution in [0.3, 0.4) is 0 Å². The molecule has 0 nitrogen and oxygen atoms in total. The summed E-state index contributed by atoms with van der Waals surface area (Å²) in [4.78, 5) is 0. The molecule has 3 aromatic rings. The molecule has 5 rings (SSSR count). The van der Waals surface area contributed by atoms with Gasteiger partial charge in [-0.05, 0) is 63.8 Å². The first-order chi connectivity index (χ1) is 11.4. The highest BCUT2D eigenvalue weighted by atomic mass is 14.3. The van der Waals surface area contributed by atoms with Crippen LogP contribution in [0, 0.1) is 0 Å². The first kappa shape index (κ1) is 13.4. The van der Waals surface area contributed by atoms with Gasteiger partial charge in [-0.15, -0.1) is 0 Å². The summed E-state index contributed by atoms with van der Waals surface area (Å²) in [6.07, 6.45) is 8.08. The van der Waals surface area contributed by atoms with Gasteiger partial charge in [0.15, 0.2) is 0 Å². The predicted octanol–water partition coefficient (Wildman–Crippen LogP) is 6.46. The number of benzene rings is 3. The molecule has 114 valence electrons. The van der Waals surface area contributed by atoms with E-state index in [-0.39, 0.29) is 0 Å². The molecule has 0 heteroatoms. The van der Waals surface area contributed by atoms with Gasteiger partial charge in [-0.1, -0.05) is 73.9 Å². The quantitative estimate of drug-likeness (QED) is 0.378. The summed E-state index contributed by atoms with van der Waals surface area (Å²) in [5, 5.41) is 2.78. The summed E-state index contributed by atoms with van der Waals surface area (Å²) in [6, 6.07) is 20.8. The van der Waals surface area contributed by atoms with Crippen molar-refractivity contribution in [3.8, 4) is 11.1 Å². The molecule has 0 atom stereocenters. The summed E-state index contributed by atoms with van der Waals surface area (Å²) in [7, 11) is 0. The summed E-state index contributed by atoms with van der Waals surface area (Å²) >= 11 is 0. The third-order valence-electron chi connectivity index (χ3n) is 5.88. The minimum atomic E-state index is 0.785. The Balaban J connectivity index is 1.68. The minimum absolute atomic E-state index is 0.785. The van der Waals surface area contributed by atoms with Crippen LogP contribution in [0.2, 0.25) is 0 Å². The van der Waals surface area contributed by atoms with E-state index in [1.165, 1.54) is 65.1 Å². The molecule has 0 amide bonds. The van der Waals surface area contributed by atoms with Crippen molar-refractivity contribution < 1.29 is 0 Å². The van der Waals surface area contributed by atoms with Gasteiger partial charge in [-0.3, -0.25) is 0 Å². The van der Waals surface area contributed by atoms with Crippen LogP contribution in [0.25, 0.3) is 21.9 Å². The highest BCUT2D eigenvalue weighted by Crippen LogP contribution is 2.43. The van der Waals surface area contributed by atoms with Crippen molar-refractivity contribution in [1.82, 2.24) is 0 Å². The monoisotopic (exact) mass is 298 g/mol. The minimum Gasteiger partial charge on any atom is -0.0616 e. The normalized spacial score (nSPS) is 17.2. The average molecular weight is 298 g/mol. The molecule has 0 saturated heterocycles. The highest BCUT2D eigenvalue weighted by Gasteiger charge is 2.23. The fraction of sp³-hybridized carbons (Fsp3) is 0.304. The largest absolute Gasteiger partial charge is 0.0616 e. The Morgan fingerprint density at radius 1 is 0.739 bits per heavy atom. The van der Waals surface area contributed by atoms with E-state index in [9.17, 15) is 0 Å². The van der Waals surface area contributed by atoms with Crippen molar-refractivity contribution in [1.29, 1.82) is 0 Å². The lowest BCUT2D eigenvalue weighted by Crippen LogP contribution is -2.04. The predicted molar refractivity (Wildman–Crippen MR) is 98.0 cm³/mol. The number of hydrogen-bond donors (Lipinski definition) is 0. The maximum absolute atomic E-state index is 2.52. The molecule has 0 unspecified atom stereocenters. The van der Waals surface area contributed by atoms with Gasteiger partial charge in [0.05, 0.1) is 0 Å². The fourth-order valence-electron chi connectivity index (χ4n) is 4.66. The second-order valence-electron chi connectivity index (χ2n) is 7.25. The molecule has 0 aliphatic heterocycles. The van der Waals surface area contributed by atoms with Crippen LogP contribution in [0.4, 0.5) is 0 Å². The lowest BCUT2D eigenvalue weighted by Gasteiger charge is -2.22. The molecule has 0 bridgehead atoms. The van der Waals surface area contributed by atoms with Crippen molar-refractivity contribution in [3.05, 3.63) is 71.3 Å². The van der Waals surface area contributed by atoms with Crippen molar-refractivity contribution in [2.75, 3.05) is 0 Å². The number of fused-ring (bicyclic) bond motifs is 5. The first-order valence-electron chi connectivity index (χ1n) is 9.04. The van der Waals surface area contributed by atoms with Crippen LogP contribution in [-0.4, -0.2) is 0 Å². The number of hydrogen-bond acceptors (Lipinski definition) is 0. The van der Waals surface area contributed by atoms with Crippen LogP contribution in [0.5, 0.6) is 0 Å². The van der Waals surface area contributed by atoms with Crippen molar-refractivity contribution in [2.45, 2.75) is 44.4 Å². The van der Waals surface area contributed by atoms with Gasteiger partial charge in [0.2, 0.25) is 0 Å². The Labute approximate surface area is 138 Å². The van der Waals surface area contributed by atoms with Gasteiger partial charge in [0.1, 0.15) is 0 Å². The van der Waals surface area contributed by atoms with Crippen LogP contribution < -0.4 is 0 Å². The highest BCUT2D eigenvalue weighted by molar-refractivity contribution is 6.01. The molecule has 1 saturated carbocycles. The van der Waals surface area contributed by atoms with Crippen molar-refractivity contribution in [2.24, 2.45) is 0 Å². The van der Waals surface area contributed by atoms with Crippen LogP contribution in [0.1, 0.15) is 54.7 Å². The van der Waals surface area contributed by atoms with Crippen LogP contribution in [0.15, 0.2) is 54.6 Å². The van der Waals surface area contributed by atoms with E-state index < -0.39 is 0 Å². The van der Waals surface area contributed by atoms with E-state index in [0.29, 0.717) is 0 Å². The Bertz CT molecular complexity index is 882. The Morgan fingerprint density at radius 3 is 2.48 bits per heavy atom. The van der Waals surface area contributed by atoms with Gasteiger partial charge in [0, 0.05) is 0 Å². The third kappa shape index (κ3) is 2.12. The second kappa shape index (κ2) is 5.23. The summed E-state index contributed by atoms with van der Waals surface area (Å²) < 4.78 is 0. The van der Waals surface area contributed by atoms with Crippen LogP contribution in [-0.2, 0) is 6.42 Å². The lowest BCUT2D eigenvalue weighted by atomic mass is 9.83. The van der Waals surface area contributed by atoms with E-state index in [0.717, 1.165) is 12.3 Å². The SMILES string of the molecule is c1ccc2c3c(ccc2c1)Cc1ccc(C2CCCCC2)cc1-3. The second-order valence-corrected chi connectivity index (χ2v) is 7.25. The molecule has 0 N–H and O–H groups in total. The molecule has 0 aromatic heterocycles. The average Bonchev–Trinajstić information content (AvgIpc) is 3.00. The first-order valence-corrected chi connectivity index (χ1v) is 9.04. The van der Waals surface area contributed by atoms with Gasteiger partial charge >= 0.3 is 0 Å².